The van der Waals surface area contributed by atoms with Crippen molar-refractivity contribution in [3.05, 3.63) is 81.6 Å². The molecule has 162 valence electrons. The average molecular weight is 459 g/mol. The minimum Gasteiger partial charge on any atom is -0.471 e. The van der Waals surface area contributed by atoms with Crippen molar-refractivity contribution in [2.75, 3.05) is 26.2 Å². The van der Waals surface area contributed by atoms with Crippen LogP contribution < -0.4 is 4.74 Å². The lowest BCUT2D eigenvalue weighted by Crippen LogP contribution is -2.48. The first kappa shape index (κ1) is 21.7. The molecule has 6 nitrogen and oxygen atoms in total. The SMILES string of the molecule is Cc1cc(OCn2ccc(C(=O)N3CCN(Cc4ccccc4Cl)CC3)n2)ccc1Cl. The first-order valence-electron chi connectivity index (χ1n) is 10.2. The fourth-order valence-corrected chi connectivity index (χ4v) is 3.85. The number of carbonyl (C=O) groups is 1. The normalized spacial score (nSPS) is 14.6. The summed E-state index contributed by atoms with van der Waals surface area (Å²) < 4.78 is 7.36. The summed E-state index contributed by atoms with van der Waals surface area (Å²) in [6.07, 6.45) is 1.75. The molecule has 1 amide bonds. The van der Waals surface area contributed by atoms with Crippen molar-refractivity contribution in [3.63, 3.8) is 0 Å². The maximum Gasteiger partial charge on any atom is 0.274 e. The predicted molar refractivity (Wildman–Crippen MR) is 122 cm³/mol. The minimum absolute atomic E-state index is 0.0570. The van der Waals surface area contributed by atoms with E-state index < -0.39 is 0 Å². The number of carbonyl (C=O) groups excluding carboxylic acids is 1. The van der Waals surface area contributed by atoms with Gasteiger partial charge in [0, 0.05) is 49.0 Å². The molecule has 1 fully saturated rings. The first-order valence-corrected chi connectivity index (χ1v) is 10.9. The highest BCUT2D eigenvalue weighted by Crippen LogP contribution is 2.21. The minimum atomic E-state index is -0.0570. The van der Waals surface area contributed by atoms with Crippen molar-refractivity contribution in [3.8, 4) is 5.75 Å². The number of hydrogen-bond donors (Lipinski definition) is 0. The molecule has 2 heterocycles. The van der Waals surface area contributed by atoms with E-state index in [4.69, 9.17) is 27.9 Å². The summed E-state index contributed by atoms with van der Waals surface area (Å²) in [4.78, 5) is 17.0. The number of piperazine rings is 1. The van der Waals surface area contributed by atoms with Gasteiger partial charge in [0.05, 0.1) is 0 Å². The van der Waals surface area contributed by atoms with E-state index in [1.54, 1.807) is 23.0 Å². The van der Waals surface area contributed by atoms with Crippen LogP contribution in [0.5, 0.6) is 5.75 Å². The molecular formula is C23H24Cl2N4O2. The number of aryl methyl sites for hydroxylation is 1. The molecule has 31 heavy (non-hydrogen) atoms. The first-order chi connectivity index (χ1) is 15.0. The van der Waals surface area contributed by atoms with Gasteiger partial charge < -0.3 is 9.64 Å². The number of amides is 1. The van der Waals surface area contributed by atoms with E-state index >= 15 is 0 Å². The summed E-state index contributed by atoms with van der Waals surface area (Å²) in [5.74, 6) is 0.651. The lowest BCUT2D eigenvalue weighted by molar-refractivity contribution is 0.0621. The third-order valence-corrected chi connectivity index (χ3v) is 6.16. The molecule has 1 saturated heterocycles. The Balaban J connectivity index is 1.29. The fourth-order valence-electron chi connectivity index (χ4n) is 3.53. The van der Waals surface area contributed by atoms with Crippen LogP contribution in [0, 0.1) is 6.92 Å². The number of rotatable bonds is 6. The molecule has 0 N–H and O–H groups in total. The van der Waals surface area contributed by atoms with Crippen LogP contribution in [0.25, 0.3) is 0 Å². The summed E-state index contributed by atoms with van der Waals surface area (Å²) in [6, 6.07) is 15.1. The Labute approximate surface area is 191 Å². The zero-order valence-corrected chi connectivity index (χ0v) is 18.8. The summed E-state index contributed by atoms with van der Waals surface area (Å²) >= 11 is 12.3. The topological polar surface area (TPSA) is 50.6 Å². The number of halogens is 2. The van der Waals surface area contributed by atoms with Gasteiger partial charge in [0.25, 0.3) is 5.91 Å². The highest BCUT2D eigenvalue weighted by atomic mass is 35.5. The van der Waals surface area contributed by atoms with Crippen molar-refractivity contribution in [1.82, 2.24) is 19.6 Å². The molecule has 2 aromatic carbocycles. The molecule has 0 saturated carbocycles. The zero-order chi connectivity index (χ0) is 21.8. The van der Waals surface area contributed by atoms with Gasteiger partial charge >= 0.3 is 0 Å². The van der Waals surface area contributed by atoms with E-state index in [1.807, 2.05) is 48.2 Å². The third-order valence-electron chi connectivity index (χ3n) is 5.36. The number of aromatic nitrogens is 2. The Bertz CT molecular complexity index is 1060. The van der Waals surface area contributed by atoms with Gasteiger partial charge in [-0.1, -0.05) is 41.4 Å². The third kappa shape index (κ3) is 5.39. The van der Waals surface area contributed by atoms with Gasteiger partial charge in [-0.05, 0) is 48.4 Å². The summed E-state index contributed by atoms with van der Waals surface area (Å²) in [5.41, 5.74) is 2.48. The molecule has 0 spiro atoms. The highest BCUT2D eigenvalue weighted by molar-refractivity contribution is 6.31. The molecule has 1 aliphatic heterocycles. The summed E-state index contributed by atoms with van der Waals surface area (Å²) in [6.45, 7) is 5.87. The maximum atomic E-state index is 12.8. The van der Waals surface area contributed by atoms with Gasteiger partial charge in [-0.15, -0.1) is 0 Å². The van der Waals surface area contributed by atoms with Gasteiger partial charge in [-0.25, -0.2) is 4.68 Å². The molecule has 0 radical (unpaired) electrons. The van der Waals surface area contributed by atoms with Gasteiger partial charge in [-0.2, -0.15) is 5.10 Å². The van der Waals surface area contributed by atoms with E-state index in [2.05, 4.69) is 10.00 Å². The number of benzene rings is 2. The fraction of sp³-hybridized carbons (Fsp3) is 0.304. The Morgan fingerprint density at radius 3 is 2.55 bits per heavy atom. The van der Waals surface area contributed by atoms with Gasteiger partial charge in [0.2, 0.25) is 0 Å². The molecule has 8 heteroatoms. The van der Waals surface area contributed by atoms with Crippen LogP contribution in [0.2, 0.25) is 10.0 Å². The molecule has 1 aliphatic rings. The number of hydrogen-bond acceptors (Lipinski definition) is 4. The van der Waals surface area contributed by atoms with Crippen molar-refractivity contribution < 1.29 is 9.53 Å². The van der Waals surface area contributed by atoms with E-state index in [9.17, 15) is 4.79 Å². The Morgan fingerprint density at radius 2 is 1.81 bits per heavy atom. The quantitative estimate of drug-likeness (QED) is 0.545. The number of nitrogens with zero attached hydrogens (tertiary/aromatic N) is 4. The highest BCUT2D eigenvalue weighted by Gasteiger charge is 2.24. The van der Waals surface area contributed by atoms with E-state index in [1.165, 1.54) is 0 Å². The molecule has 4 rings (SSSR count). The van der Waals surface area contributed by atoms with Gasteiger partial charge in [0.15, 0.2) is 12.4 Å². The molecule has 1 aromatic heterocycles. The van der Waals surface area contributed by atoms with Crippen LogP contribution in [-0.2, 0) is 13.3 Å². The maximum absolute atomic E-state index is 12.8. The number of ether oxygens (including phenoxy) is 1. The van der Waals surface area contributed by atoms with Gasteiger partial charge in [0.1, 0.15) is 5.75 Å². The van der Waals surface area contributed by atoms with Crippen LogP contribution in [-0.4, -0.2) is 51.7 Å². The Hall–Kier alpha value is -2.54. The van der Waals surface area contributed by atoms with Crippen LogP contribution in [0.1, 0.15) is 21.6 Å². The van der Waals surface area contributed by atoms with E-state index in [0.717, 1.165) is 35.8 Å². The van der Waals surface area contributed by atoms with Crippen molar-refractivity contribution in [2.24, 2.45) is 0 Å². The Morgan fingerprint density at radius 1 is 1.03 bits per heavy atom. The largest absolute Gasteiger partial charge is 0.471 e. The second kappa shape index (κ2) is 9.73. The average Bonchev–Trinajstić information content (AvgIpc) is 3.25. The molecule has 0 bridgehead atoms. The predicted octanol–water partition coefficient (Wildman–Crippen LogP) is 4.49. The van der Waals surface area contributed by atoms with Crippen LogP contribution in [0.3, 0.4) is 0 Å². The van der Waals surface area contributed by atoms with Crippen molar-refractivity contribution >= 4 is 29.1 Å². The zero-order valence-electron chi connectivity index (χ0n) is 17.3. The smallest absolute Gasteiger partial charge is 0.274 e. The lowest BCUT2D eigenvalue weighted by Gasteiger charge is -2.34. The van der Waals surface area contributed by atoms with Crippen LogP contribution >= 0.6 is 23.2 Å². The van der Waals surface area contributed by atoms with Crippen molar-refractivity contribution in [1.29, 1.82) is 0 Å². The lowest BCUT2D eigenvalue weighted by atomic mass is 10.2. The van der Waals surface area contributed by atoms with Crippen molar-refractivity contribution in [2.45, 2.75) is 20.2 Å². The molecule has 0 unspecified atom stereocenters. The molecule has 0 atom stereocenters. The van der Waals surface area contributed by atoms with Crippen LogP contribution in [0.15, 0.2) is 54.7 Å². The summed E-state index contributed by atoms with van der Waals surface area (Å²) in [5, 5.41) is 5.86. The van der Waals surface area contributed by atoms with Crippen LogP contribution in [0.4, 0.5) is 0 Å². The Kier molecular flexibility index (Phi) is 6.80. The van der Waals surface area contributed by atoms with E-state index in [0.29, 0.717) is 29.6 Å². The molecular weight excluding hydrogens is 435 g/mol. The van der Waals surface area contributed by atoms with Gasteiger partial charge in [-0.3, -0.25) is 9.69 Å². The second-order valence-electron chi connectivity index (χ2n) is 7.58. The second-order valence-corrected chi connectivity index (χ2v) is 8.40. The monoisotopic (exact) mass is 458 g/mol. The molecule has 0 aliphatic carbocycles. The molecule has 3 aromatic rings. The summed E-state index contributed by atoms with van der Waals surface area (Å²) in [7, 11) is 0. The standard InChI is InChI=1S/C23H24Cl2N4O2/c1-17-14-19(6-7-20(17)24)31-16-29-9-8-22(26-29)23(30)28-12-10-27(11-13-28)15-18-4-2-3-5-21(18)25/h2-9,14H,10-13,15-16H2,1H3. The van der Waals surface area contributed by atoms with E-state index in [-0.39, 0.29) is 12.6 Å².